The highest BCUT2D eigenvalue weighted by molar-refractivity contribution is 5.77. The smallest absolute Gasteiger partial charge is 0.143 e. The first-order valence-electron chi connectivity index (χ1n) is 4.18. The molecule has 66 valence electrons. The van der Waals surface area contributed by atoms with Gasteiger partial charge in [-0.25, -0.2) is 0 Å². The number of carbonyl (C=O) groups is 1. The van der Waals surface area contributed by atoms with Crippen LogP contribution in [-0.2, 0) is 4.79 Å². The second-order valence-electron chi connectivity index (χ2n) is 2.63. The van der Waals surface area contributed by atoms with Gasteiger partial charge in [-0.2, -0.15) is 0 Å². The topological polar surface area (TPSA) is 41.1 Å². The molecule has 3 nitrogen and oxygen atoms in total. The second-order valence-corrected chi connectivity index (χ2v) is 2.63. The highest BCUT2D eigenvalue weighted by Gasteiger charge is 1.90. The summed E-state index contributed by atoms with van der Waals surface area (Å²) in [6, 6.07) is 0. The van der Waals surface area contributed by atoms with Gasteiger partial charge in [0.05, 0.1) is 6.54 Å². The van der Waals surface area contributed by atoms with Crippen molar-refractivity contribution in [1.82, 2.24) is 10.6 Å². The SMILES string of the molecule is CCCNCCNCC(C)=O. The van der Waals surface area contributed by atoms with Crippen LogP contribution in [0, 0.1) is 0 Å². The van der Waals surface area contributed by atoms with E-state index in [2.05, 4.69) is 17.6 Å². The van der Waals surface area contributed by atoms with Gasteiger partial charge in [-0.3, -0.25) is 4.79 Å². The van der Waals surface area contributed by atoms with Gasteiger partial charge in [0.25, 0.3) is 0 Å². The van der Waals surface area contributed by atoms with Gasteiger partial charge in [-0.15, -0.1) is 0 Å². The van der Waals surface area contributed by atoms with Crippen LogP contribution < -0.4 is 10.6 Å². The summed E-state index contributed by atoms with van der Waals surface area (Å²) in [6.07, 6.45) is 1.16. The molecule has 0 aromatic rings. The Bertz CT molecular complexity index is 104. The van der Waals surface area contributed by atoms with Crippen molar-refractivity contribution in [3.8, 4) is 0 Å². The Morgan fingerprint density at radius 2 is 1.82 bits per heavy atom. The maximum absolute atomic E-state index is 10.4. The summed E-state index contributed by atoms with van der Waals surface area (Å²) in [5, 5.41) is 6.27. The Hall–Kier alpha value is -0.410. The van der Waals surface area contributed by atoms with E-state index >= 15 is 0 Å². The molecule has 2 N–H and O–H groups in total. The van der Waals surface area contributed by atoms with Gasteiger partial charge in [0.2, 0.25) is 0 Å². The second kappa shape index (κ2) is 7.69. The van der Waals surface area contributed by atoms with Crippen LogP contribution in [0.5, 0.6) is 0 Å². The predicted molar refractivity (Wildman–Crippen MR) is 46.7 cm³/mol. The van der Waals surface area contributed by atoms with Gasteiger partial charge in [-0.05, 0) is 19.9 Å². The first-order chi connectivity index (χ1) is 5.27. The van der Waals surface area contributed by atoms with E-state index in [1.54, 1.807) is 6.92 Å². The molecule has 0 radical (unpaired) electrons. The zero-order valence-corrected chi connectivity index (χ0v) is 7.44. The number of Topliss-reactive ketones (excluding diaryl/α,β-unsaturated/α-hetero) is 1. The number of ketones is 1. The zero-order valence-electron chi connectivity index (χ0n) is 7.44. The van der Waals surface area contributed by atoms with Crippen molar-refractivity contribution >= 4 is 5.78 Å². The summed E-state index contributed by atoms with van der Waals surface area (Å²) in [4.78, 5) is 10.4. The first kappa shape index (κ1) is 10.6. The predicted octanol–water partition coefficient (Wildman–Crippen LogP) is 0.165. The van der Waals surface area contributed by atoms with Crippen LogP contribution in [0.4, 0.5) is 0 Å². The molecule has 0 bridgehead atoms. The van der Waals surface area contributed by atoms with E-state index in [0.717, 1.165) is 26.1 Å². The fourth-order valence-electron chi connectivity index (χ4n) is 0.743. The molecule has 0 amide bonds. The molecule has 0 rings (SSSR count). The summed E-state index contributed by atoms with van der Waals surface area (Å²) < 4.78 is 0. The lowest BCUT2D eigenvalue weighted by Gasteiger charge is -2.02. The molecule has 0 saturated carbocycles. The monoisotopic (exact) mass is 158 g/mol. The van der Waals surface area contributed by atoms with E-state index in [9.17, 15) is 4.79 Å². The molecule has 0 unspecified atom stereocenters. The van der Waals surface area contributed by atoms with Gasteiger partial charge >= 0.3 is 0 Å². The van der Waals surface area contributed by atoms with Crippen molar-refractivity contribution in [3.05, 3.63) is 0 Å². The Labute approximate surface area is 68.6 Å². The molecule has 0 saturated heterocycles. The summed E-state index contributed by atoms with van der Waals surface area (Å²) in [7, 11) is 0. The Morgan fingerprint density at radius 1 is 1.18 bits per heavy atom. The minimum absolute atomic E-state index is 0.195. The van der Waals surface area contributed by atoms with Crippen molar-refractivity contribution in [3.63, 3.8) is 0 Å². The Morgan fingerprint density at radius 3 is 2.36 bits per heavy atom. The number of carbonyl (C=O) groups excluding carboxylic acids is 1. The normalized spacial score (nSPS) is 10.0. The number of hydrogen-bond acceptors (Lipinski definition) is 3. The molecule has 0 fully saturated rings. The van der Waals surface area contributed by atoms with Crippen molar-refractivity contribution in [2.75, 3.05) is 26.2 Å². The molecule has 3 heteroatoms. The largest absolute Gasteiger partial charge is 0.315 e. The lowest BCUT2D eigenvalue weighted by molar-refractivity contribution is -0.116. The summed E-state index contributed by atoms with van der Waals surface area (Å²) in [6.45, 7) is 7.10. The summed E-state index contributed by atoms with van der Waals surface area (Å²) in [5.41, 5.74) is 0. The quantitative estimate of drug-likeness (QED) is 0.519. The van der Waals surface area contributed by atoms with Crippen LogP contribution in [0.2, 0.25) is 0 Å². The summed E-state index contributed by atoms with van der Waals surface area (Å²) >= 11 is 0. The van der Waals surface area contributed by atoms with Gasteiger partial charge in [-0.1, -0.05) is 6.92 Å². The third-order valence-corrected chi connectivity index (χ3v) is 1.28. The van der Waals surface area contributed by atoms with Crippen LogP contribution in [0.1, 0.15) is 20.3 Å². The summed E-state index contributed by atoms with van der Waals surface area (Å²) in [5.74, 6) is 0.195. The van der Waals surface area contributed by atoms with E-state index in [1.165, 1.54) is 0 Å². The molecule has 0 aliphatic carbocycles. The van der Waals surface area contributed by atoms with Crippen LogP contribution in [0.3, 0.4) is 0 Å². The molecule has 0 aliphatic heterocycles. The van der Waals surface area contributed by atoms with Crippen LogP contribution >= 0.6 is 0 Å². The van der Waals surface area contributed by atoms with E-state index in [1.807, 2.05) is 0 Å². The van der Waals surface area contributed by atoms with E-state index < -0.39 is 0 Å². The molecule has 0 aliphatic rings. The number of rotatable bonds is 7. The minimum atomic E-state index is 0.195. The van der Waals surface area contributed by atoms with Crippen LogP contribution in [0.15, 0.2) is 0 Å². The molecular formula is C8H18N2O. The van der Waals surface area contributed by atoms with Crippen molar-refractivity contribution < 1.29 is 4.79 Å². The highest BCUT2D eigenvalue weighted by atomic mass is 16.1. The van der Waals surface area contributed by atoms with E-state index in [4.69, 9.17) is 0 Å². The number of hydrogen-bond donors (Lipinski definition) is 2. The lowest BCUT2D eigenvalue weighted by Crippen LogP contribution is -2.30. The van der Waals surface area contributed by atoms with Gasteiger partial charge in [0, 0.05) is 13.1 Å². The number of nitrogens with one attached hydrogen (secondary N) is 2. The Balaban J connectivity index is 2.85. The maximum Gasteiger partial charge on any atom is 0.143 e. The van der Waals surface area contributed by atoms with Crippen molar-refractivity contribution in [2.24, 2.45) is 0 Å². The average molecular weight is 158 g/mol. The molecule has 0 aromatic heterocycles. The zero-order chi connectivity index (χ0) is 8.53. The molecule has 0 spiro atoms. The van der Waals surface area contributed by atoms with Crippen LogP contribution in [-0.4, -0.2) is 32.0 Å². The molecular weight excluding hydrogens is 140 g/mol. The lowest BCUT2D eigenvalue weighted by atomic mass is 10.4. The molecule has 0 atom stereocenters. The van der Waals surface area contributed by atoms with E-state index in [0.29, 0.717) is 6.54 Å². The Kier molecular flexibility index (Phi) is 7.41. The van der Waals surface area contributed by atoms with Crippen LogP contribution in [0.25, 0.3) is 0 Å². The molecule has 11 heavy (non-hydrogen) atoms. The van der Waals surface area contributed by atoms with Crippen molar-refractivity contribution in [1.29, 1.82) is 0 Å². The fourth-order valence-corrected chi connectivity index (χ4v) is 0.743. The van der Waals surface area contributed by atoms with Crippen molar-refractivity contribution in [2.45, 2.75) is 20.3 Å². The van der Waals surface area contributed by atoms with Gasteiger partial charge < -0.3 is 10.6 Å². The highest BCUT2D eigenvalue weighted by Crippen LogP contribution is 1.68. The van der Waals surface area contributed by atoms with Gasteiger partial charge in [0.15, 0.2) is 0 Å². The molecule has 0 aromatic carbocycles. The van der Waals surface area contributed by atoms with E-state index in [-0.39, 0.29) is 5.78 Å². The minimum Gasteiger partial charge on any atom is -0.315 e. The average Bonchev–Trinajstić information content (AvgIpc) is 1.96. The molecule has 0 heterocycles. The maximum atomic E-state index is 10.4. The third kappa shape index (κ3) is 9.59. The van der Waals surface area contributed by atoms with Gasteiger partial charge in [0.1, 0.15) is 5.78 Å². The first-order valence-corrected chi connectivity index (χ1v) is 4.18. The fraction of sp³-hybridized carbons (Fsp3) is 0.875. The third-order valence-electron chi connectivity index (χ3n) is 1.28. The standard InChI is InChI=1S/C8H18N2O/c1-3-4-9-5-6-10-7-8(2)11/h9-10H,3-7H2,1-2H3.